The molecule has 0 bridgehead atoms. The second-order valence-electron chi connectivity index (χ2n) is 6.02. The molecule has 0 aliphatic carbocycles. The Hall–Kier alpha value is -2.86. The fraction of sp³-hybridized carbons (Fsp3) is 0.200. The molecule has 132 valence electrons. The first-order chi connectivity index (χ1) is 12.8. The van der Waals surface area contributed by atoms with Crippen molar-refractivity contribution in [3.05, 3.63) is 66.2 Å². The van der Waals surface area contributed by atoms with Crippen LogP contribution in [0.25, 0.3) is 11.1 Å². The molecule has 1 aromatic heterocycles. The van der Waals surface area contributed by atoms with Crippen LogP contribution < -0.4 is 9.47 Å². The highest BCUT2D eigenvalue weighted by Gasteiger charge is 2.32. The maximum absolute atomic E-state index is 12.2. The van der Waals surface area contributed by atoms with Gasteiger partial charge in [-0.3, -0.25) is 4.79 Å². The van der Waals surface area contributed by atoms with Crippen LogP contribution in [0.4, 0.5) is 0 Å². The van der Waals surface area contributed by atoms with E-state index < -0.39 is 0 Å². The fourth-order valence-corrected chi connectivity index (χ4v) is 3.29. The van der Waals surface area contributed by atoms with Crippen molar-refractivity contribution in [2.75, 3.05) is 19.7 Å². The van der Waals surface area contributed by atoms with E-state index in [4.69, 9.17) is 9.47 Å². The molecule has 1 amide bonds. The van der Waals surface area contributed by atoms with E-state index in [1.807, 2.05) is 47.8 Å². The van der Waals surface area contributed by atoms with Crippen LogP contribution >= 0.6 is 11.3 Å². The Morgan fingerprint density at radius 3 is 2.50 bits per heavy atom. The summed E-state index contributed by atoms with van der Waals surface area (Å²) >= 11 is 1.46. The van der Waals surface area contributed by atoms with Gasteiger partial charge < -0.3 is 14.4 Å². The molecule has 0 spiro atoms. The van der Waals surface area contributed by atoms with E-state index in [0.717, 1.165) is 11.1 Å². The van der Waals surface area contributed by atoms with Gasteiger partial charge in [0.25, 0.3) is 11.1 Å². The number of carbonyl (C=O) groups is 1. The summed E-state index contributed by atoms with van der Waals surface area (Å²) in [5.41, 5.74) is 2.27. The van der Waals surface area contributed by atoms with Crippen molar-refractivity contribution in [1.29, 1.82) is 0 Å². The molecular weight excluding hydrogens is 348 g/mol. The number of aromatic nitrogens is 1. The van der Waals surface area contributed by atoms with E-state index in [1.54, 1.807) is 11.1 Å². The van der Waals surface area contributed by atoms with Crippen molar-refractivity contribution >= 4 is 17.2 Å². The third-order valence-electron chi connectivity index (χ3n) is 4.20. The zero-order chi connectivity index (χ0) is 17.8. The van der Waals surface area contributed by atoms with Crippen molar-refractivity contribution in [3.8, 4) is 22.1 Å². The van der Waals surface area contributed by atoms with Crippen molar-refractivity contribution in [2.24, 2.45) is 0 Å². The number of likely N-dealkylation sites (tertiary alicyclic amines) is 1. The van der Waals surface area contributed by atoms with E-state index in [9.17, 15) is 4.79 Å². The van der Waals surface area contributed by atoms with E-state index in [0.29, 0.717) is 24.0 Å². The molecule has 3 aromatic rings. The minimum Gasteiger partial charge on any atom is -0.484 e. The molecule has 1 aliphatic heterocycles. The molecule has 1 fully saturated rings. The molecule has 0 atom stereocenters. The molecule has 2 heterocycles. The minimum absolute atomic E-state index is 0.0234. The normalized spacial score (nSPS) is 13.9. The first-order valence-electron chi connectivity index (χ1n) is 8.40. The van der Waals surface area contributed by atoms with Gasteiger partial charge in [-0.25, -0.2) is 4.98 Å². The number of hydrogen-bond donors (Lipinski definition) is 0. The maximum Gasteiger partial charge on any atom is 0.273 e. The first kappa shape index (κ1) is 16.6. The zero-order valence-electron chi connectivity index (χ0n) is 14.1. The molecule has 6 heteroatoms. The van der Waals surface area contributed by atoms with Gasteiger partial charge in [-0.05, 0) is 23.3 Å². The van der Waals surface area contributed by atoms with E-state index in [1.165, 1.54) is 11.3 Å². The number of rotatable bonds is 6. The van der Waals surface area contributed by atoms with Crippen LogP contribution in [0.15, 0.2) is 66.2 Å². The second kappa shape index (κ2) is 7.58. The minimum atomic E-state index is -0.0314. The van der Waals surface area contributed by atoms with Gasteiger partial charge in [-0.15, -0.1) is 0 Å². The SMILES string of the molecule is O=C(COc1ccc(-c2ccccc2)cc1)N1CC(Oc2nccs2)C1. The van der Waals surface area contributed by atoms with Gasteiger partial charge in [0.2, 0.25) is 0 Å². The van der Waals surface area contributed by atoms with Crippen LogP contribution in [0.3, 0.4) is 0 Å². The Kier molecular flexibility index (Phi) is 4.84. The van der Waals surface area contributed by atoms with Crippen LogP contribution in [-0.2, 0) is 4.79 Å². The van der Waals surface area contributed by atoms with Crippen LogP contribution in [0.5, 0.6) is 10.9 Å². The van der Waals surface area contributed by atoms with E-state index in [-0.39, 0.29) is 18.6 Å². The molecule has 0 unspecified atom stereocenters. The summed E-state index contributed by atoms with van der Waals surface area (Å²) in [6.07, 6.45) is 1.73. The van der Waals surface area contributed by atoms with Gasteiger partial charge >= 0.3 is 0 Å². The number of ether oxygens (including phenoxy) is 2. The third kappa shape index (κ3) is 3.86. The predicted molar refractivity (Wildman–Crippen MR) is 100 cm³/mol. The average Bonchev–Trinajstić information content (AvgIpc) is 3.17. The number of thiazole rings is 1. The Balaban J connectivity index is 1.24. The van der Waals surface area contributed by atoms with E-state index in [2.05, 4.69) is 17.1 Å². The predicted octanol–water partition coefficient (Wildman–Crippen LogP) is 3.48. The summed E-state index contributed by atoms with van der Waals surface area (Å²) in [6.45, 7) is 1.19. The largest absolute Gasteiger partial charge is 0.484 e. The Labute approximate surface area is 155 Å². The Morgan fingerprint density at radius 1 is 1.08 bits per heavy atom. The van der Waals surface area contributed by atoms with Crippen LogP contribution in [-0.4, -0.2) is 41.6 Å². The molecular formula is C20H18N2O3S. The Morgan fingerprint density at radius 2 is 1.81 bits per heavy atom. The summed E-state index contributed by atoms with van der Waals surface area (Å²) < 4.78 is 11.3. The van der Waals surface area contributed by atoms with Crippen molar-refractivity contribution in [2.45, 2.75) is 6.10 Å². The number of carbonyl (C=O) groups excluding carboxylic acids is 1. The highest BCUT2D eigenvalue weighted by atomic mass is 32.1. The van der Waals surface area contributed by atoms with Gasteiger partial charge in [-0.1, -0.05) is 53.8 Å². The van der Waals surface area contributed by atoms with Crippen LogP contribution in [0.2, 0.25) is 0 Å². The number of amides is 1. The summed E-state index contributed by atoms with van der Waals surface area (Å²) in [5.74, 6) is 0.658. The lowest BCUT2D eigenvalue weighted by molar-refractivity contribution is -0.142. The molecule has 26 heavy (non-hydrogen) atoms. The topological polar surface area (TPSA) is 51.7 Å². The lowest BCUT2D eigenvalue weighted by Gasteiger charge is -2.38. The van der Waals surface area contributed by atoms with Gasteiger partial charge in [0.1, 0.15) is 11.9 Å². The summed E-state index contributed by atoms with van der Waals surface area (Å²) in [4.78, 5) is 18.0. The highest BCUT2D eigenvalue weighted by molar-refractivity contribution is 7.11. The smallest absolute Gasteiger partial charge is 0.273 e. The van der Waals surface area contributed by atoms with Gasteiger partial charge in [-0.2, -0.15) is 0 Å². The monoisotopic (exact) mass is 366 g/mol. The van der Waals surface area contributed by atoms with Gasteiger partial charge in [0.05, 0.1) is 13.1 Å². The number of benzene rings is 2. The standard InChI is InChI=1S/C20H18N2O3S/c23-19(22-12-18(13-22)25-20-21-10-11-26-20)14-24-17-8-6-16(7-9-17)15-4-2-1-3-5-15/h1-11,18H,12-14H2. The molecule has 5 nitrogen and oxygen atoms in total. The molecule has 1 aliphatic rings. The molecule has 0 N–H and O–H groups in total. The molecule has 4 rings (SSSR count). The zero-order valence-corrected chi connectivity index (χ0v) is 14.9. The first-order valence-corrected chi connectivity index (χ1v) is 9.28. The van der Waals surface area contributed by atoms with E-state index >= 15 is 0 Å². The molecule has 0 radical (unpaired) electrons. The van der Waals surface area contributed by atoms with Crippen LogP contribution in [0.1, 0.15) is 0 Å². The third-order valence-corrected chi connectivity index (χ3v) is 4.86. The van der Waals surface area contributed by atoms with Gasteiger partial charge in [0.15, 0.2) is 6.61 Å². The summed E-state index contributed by atoms with van der Waals surface area (Å²) in [7, 11) is 0. The summed E-state index contributed by atoms with van der Waals surface area (Å²) in [6, 6.07) is 17.9. The average molecular weight is 366 g/mol. The Bertz CT molecular complexity index is 845. The molecule has 2 aromatic carbocycles. The molecule has 0 saturated carbocycles. The lowest BCUT2D eigenvalue weighted by Crippen LogP contribution is -2.57. The van der Waals surface area contributed by atoms with Crippen LogP contribution in [0, 0.1) is 0 Å². The number of nitrogens with zero attached hydrogens (tertiary/aromatic N) is 2. The number of hydrogen-bond acceptors (Lipinski definition) is 5. The second-order valence-corrected chi connectivity index (χ2v) is 6.87. The summed E-state index contributed by atoms with van der Waals surface area (Å²) in [5, 5.41) is 2.52. The van der Waals surface area contributed by atoms with Gasteiger partial charge in [0, 0.05) is 11.6 Å². The quantitative estimate of drug-likeness (QED) is 0.670. The van der Waals surface area contributed by atoms with Crippen molar-refractivity contribution < 1.29 is 14.3 Å². The molecule has 1 saturated heterocycles. The fourth-order valence-electron chi connectivity index (χ4n) is 2.74. The lowest BCUT2D eigenvalue weighted by atomic mass is 10.1. The highest BCUT2D eigenvalue weighted by Crippen LogP contribution is 2.23. The van der Waals surface area contributed by atoms with Crippen molar-refractivity contribution in [1.82, 2.24) is 9.88 Å². The van der Waals surface area contributed by atoms with Crippen molar-refractivity contribution in [3.63, 3.8) is 0 Å². The maximum atomic E-state index is 12.2.